The molecule has 50 heavy (non-hydrogen) atoms. The third-order valence-corrected chi connectivity index (χ3v) is 19.0. The van der Waals surface area contributed by atoms with Gasteiger partial charge >= 0.3 is 0 Å². The number of fused-ring (bicyclic) bond motifs is 13. The maximum Gasteiger partial charge on any atom is 0.297 e. The van der Waals surface area contributed by atoms with Crippen LogP contribution in [-0.2, 0) is 31.3 Å². The van der Waals surface area contributed by atoms with Gasteiger partial charge in [0.05, 0.1) is 32.5 Å². The lowest BCUT2D eigenvalue weighted by Gasteiger charge is -2.43. The molecule has 5 heterocycles. The lowest BCUT2D eigenvalue weighted by atomic mass is 9.89. The zero-order valence-corrected chi connectivity index (χ0v) is 31.2. The molecule has 1 saturated heterocycles. The van der Waals surface area contributed by atoms with Crippen LogP contribution in [-0.4, -0.2) is 53.6 Å². The molecule has 258 valence electrons. The summed E-state index contributed by atoms with van der Waals surface area (Å²) in [6.07, 6.45) is -0.610. The quantitative estimate of drug-likeness (QED) is 0.144. The highest BCUT2D eigenvalue weighted by atomic mass is 32.2. The number of hydrogen-bond donors (Lipinski definition) is 1. The van der Waals surface area contributed by atoms with Gasteiger partial charge in [-0.2, -0.15) is 8.42 Å². The predicted molar refractivity (Wildman–Crippen MR) is 197 cm³/mol. The van der Waals surface area contributed by atoms with Crippen LogP contribution >= 0.6 is 0 Å². The summed E-state index contributed by atoms with van der Waals surface area (Å²) in [5.41, 5.74) is 2.95. The van der Waals surface area contributed by atoms with Crippen LogP contribution in [0.4, 0.5) is 0 Å². The van der Waals surface area contributed by atoms with Crippen molar-refractivity contribution in [3.63, 3.8) is 0 Å². The van der Waals surface area contributed by atoms with Gasteiger partial charge in [-0.15, -0.1) is 0 Å². The second-order valence-corrected chi connectivity index (χ2v) is 22.8. The summed E-state index contributed by atoms with van der Waals surface area (Å²) in [6, 6.07) is 22.6. The number of aryl methyl sites for hydroxylation is 1. The highest BCUT2D eigenvalue weighted by molar-refractivity contribution is 7.86. The molecular formula is C39H41N3O6SSi. The van der Waals surface area contributed by atoms with Gasteiger partial charge in [-0.05, 0) is 48.7 Å². The molecule has 3 aliphatic heterocycles. The van der Waals surface area contributed by atoms with Crippen LogP contribution in [0.25, 0.3) is 43.6 Å². The Morgan fingerprint density at radius 3 is 2.22 bits per heavy atom. The highest BCUT2D eigenvalue weighted by Crippen LogP contribution is 2.58. The Hall–Kier alpha value is -4.00. The van der Waals surface area contributed by atoms with Crippen molar-refractivity contribution in [1.29, 1.82) is 0 Å². The molecule has 9 rings (SSSR count). The number of para-hydroxylation sites is 2. The van der Waals surface area contributed by atoms with Crippen LogP contribution in [0.2, 0.25) is 18.1 Å². The Balaban J connectivity index is 1.34. The standard InChI is InChI=1S/C39H41N3O6SSi/c1-23-16-18-24(19-17-23)49(45,46)47-22-39(44)20-30-41-28-14-10-8-12-25(28)32-33-27(21-40(36(33)43)50(6,7)37(2,3)4)31-26-13-9-11-15-29(26)42(35(31)34(32)41)38(39,5)48-30/h8-19,30,44H,20-22H2,1-7H3/t30-,38+,39-/m1/s1. The number of aliphatic hydroxyl groups is 1. The van der Waals surface area contributed by atoms with Crippen molar-refractivity contribution in [1.82, 2.24) is 13.7 Å². The number of amides is 1. The zero-order valence-electron chi connectivity index (χ0n) is 29.4. The van der Waals surface area contributed by atoms with E-state index in [2.05, 4.69) is 59.7 Å². The lowest BCUT2D eigenvalue weighted by Crippen LogP contribution is -2.54. The molecule has 1 amide bonds. The van der Waals surface area contributed by atoms with E-state index in [1.807, 2.05) is 50.2 Å². The molecule has 3 aliphatic rings. The molecule has 4 aromatic carbocycles. The zero-order chi connectivity index (χ0) is 35.3. The van der Waals surface area contributed by atoms with E-state index in [9.17, 15) is 18.3 Å². The maximum atomic E-state index is 14.9. The first-order valence-corrected chi connectivity index (χ1v) is 21.6. The van der Waals surface area contributed by atoms with E-state index >= 15 is 0 Å². The van der Waals surface area contributed by atoms with Gasteiger partial charge in [-0.3, -0.25) is 8.98 Å². The molecule has 2 aromatic heterocycles. The van der Waals surface area contributed by atoms with Gasteiger partial charge in [0.1, 0.15) is 18.4 Å². The first kappa shape index (κ1) is 31.9. The van der Waals surface area contributed by atoms with Gasteiger partial charge in [0.15, 0.2) is 14.0 Å². The van der Waals surface area contributed by atoms with E-state index in [0.29, 0.717) is 6.54 Å². The molecule has 0 radical (unpaired) electrons. The highest BCUT2D eigenvalue weighted by Gasteiger charge is 2.62. The summed E-state index contributed by atoms with van der Waals surface area (Å²) in [5, 5.41) is 16.5. The molecule has 0 spiro atoms. The van der Waals surface area contributed by atoms with Crippen molar-refractivity contribution >= 4 is 67.9 Å². The Labute approximate surface area is 292 Å². The Morgan fingerprint density at radius 1 is 0.940 bits per heavy atom. The predicted octanol–water partition coefficient (Wildman–Crippen LogP) is 7.91. The summed E-state index contributed by atoms with van der Waals surface area (Å²) in [5.74, 6) is 0.0704. The van der Waals surface area contributed by atoms with E-state index in [0.717, 1.165) is 60.3 Å². The molecule has 0 unspecified atom stereocenters. The minimum Gasteiger partial charge on any atom is -0.382 e. The largest absolute Gasteiger partial charge is 0.382 e. The van der Waals surface area contributed by atoms with Crippen molar-refractivity contribution in [3.8, 4) is 0 Å². The Kier molecular flexibility index (Phi) is 6.30. The van der Waals surface area contributed by atoms with E-state index in [-0.39, 0.29) is 22.3 Å². The van der Waals surface area contributed by atoms with Crippen molar-refractivity contribution in [3.05, 3.63) is 89.5 Å². The monoisotopic (exact) mass is 707 g/mol. The van der Waals surface area contributed by atoms with Gasteiger partial charge in [0, 0.05) is 34.5 Å². The topological polar surface area (TPSA) is 103 Å². The summed E-state index contributed by atoms with van der Waals surface area (Å²) in [4.78, 5) is 14.9. The van der Waals surface area contributed by atoms with Gasteiger partial charge in [0.2, 0.25) is 5.91 Å². The molecule has 0 aliphatic carbocycles. The lowest BCUT2D eigenvalue weighted by molar-refractivity contribution is -0.186. The van der Waals surface area contributed by atoms with Crippen molar-refractivity contribution in [2.45, 2.75) is 88.2 Å². The SMILES string of the molecule is Cc1ccc(S(=O)(=O)OC[C@]2(O)C[C@H]3O[C@]2(C)n2c4ccccc4c4c5c(c6c7ccccc7n3c6c42)C(=O)N([Si](C)(C)C(C)(C)C)C5)cc1. The first-order valence-electron chi connectivity index (χ1n) is 17.2. The minimum absolute atomic E-state index is 0.0275. The van der Waals surface area contributed by atoms with Crippen LogP contribution in [0.1, 0.15) is 61.8 Å². The number of benzene rings is 4. The Bertz CT molecular complexity index is 2580. The van der Waals surface area contributed by atoms with Crippen LogP contribution in [0.15, 0.2) is 77.7 Å². The van der Waals surface area contributed by atoms with Crippen molar-refractivity contribution in [2.24, 2.45) is 0 Å². The molecule has 9 nitrogen and oxygen atoms in total. The summed E-state index contributed by atoms with van der Waals surface area (Å²) < 4.78 is 46.0. The fourth-order valence-corrected chi connectivity index (χ4v) is 11.5. The van der Waals surface area contributed by atoms with Gasteiger partial charge in [0.25, 0.3) is 10.1 Å². The van der Waals surface area contributed by atoms with E-state index in [4.69, 9.17) is 8.92 Å². The van der Waals surface area contributed by atoms with E-state index < -0.39 is 42.5 Å². The number of hydrogen-bond acceptors (Lipinski definition) is 6. The second kappa shape index (κ2) is 9.86. The minimum atomic E-state index is -4.19. The van der Waals surface area contributed by atoms with Crippen molar-refractivity contribution in [2.75, 3.05) is 6.61 Å². The third-order valence-electron chi connectivity index (χ3n) is 12.4. The molecular weight excluding hydrogens is 667 g/mol. The molecule has 3 atom stereocenters. The molecule has 1 N–H and O–H groups in total. The second-order valence-electron chi connectivity index (χ2n) is 16.1. The maximum absolute atomic E-state index is 14.9. The summed E-state index contributed by atoms with van der Waals surface area (Å²) in [6.45, 7) is 15.0. The molecule has 1 fully saturated rings. The Morgan fingerprint density at radius 2 is 1.56 bits per heavy atom. The van der Waals surface area contributed by atoms with E-state index in [1.54, 1.807) is 12.1 Å². The number of aromatic nitrogens is 2. The summed E-state index contributed by atoms with van der Waals surface area (Å²) in [7, 11) is -6.49. The number of carbonyl (C=O) groups is 1. The average Bonchev–Trinajstić information content (AvgIpc) is 3.75. The molecule has 2 bridgehead atoms. The number of nitrogens with zero attached hydrogens (tertiary/aromatic N) is 3. The van der Waals surface area contributed by atoms with Crippen LogP contribution in [0.5, 0.6) is 0 Å². The number of rotatable bonds is 5. The smallest absolute Gasteiger partial charge is 0.297 e. The number of ether oxygens (including phenoxy) is 1. The van der Waals surface area contributed by atoms with Gasteiger partial charge in [-0.25, -0.2) is 0 Å². The molecule has 6 aromatic rings. The van der Waals surface area contributed by atoms with Crippen LogP contribution in [0.3, 0.4) is 0 Å². The fourth-order valence-electron chi connectivity index (χ4n) is 8.59. The van der Waals surface area contributed by atoms with Crippen molar-refractivity contribution < 1.29 is 27.2 Å². The summed E-state index contributed by atoms with van der Waals surface area (Å²) >= 11 is 0. The van der Waals surface area contributed by atoms with Gasteiger partial charge < -0.3 is 23.5 Å². The number of carbonyl (C=O) groups excluding carboxylic acids is 1. The first-order chi connectivity index (χ1) is 23.5. The average molecular weight is 708 g/mol. The van der Waals surface area contributed by atoms with E-state index in [1.165, 1.54) is 12.1 Å². The third kappa shape index (κ3) is 3.87. The normalized spacial score (nSPS) is 23.6. The molecule has 11 heteroatoms. The van der Waals surface area contributed by atoms with Gasteiger partial charge in [-0.1, -0.05) is 88.0 Å². The molecule has 0 saturated carbocycles. The van der Waals surface area contributed by atoms with Crippen LogP contribution in [0, 0.1) is 6.92 Å². The fraction of sp³-hybridized carbons (Fsp3) is 0.359. The van der Waals surface area contributed by atoms with Crippen LogP contribution < -0.4 is 0 Å².